The van der Waals surface area contributed by atoms with E-state index in [0.29, 0.717) is 12.5 Å². The standard InChI is InChI=1S/C17H27N3O/c1-13-4-5-14(2)16(10-13)19-17(21)12-20(3)11-15-6-8-18-9-7-15/h4-5,10,15,18H,6-9,11-12H2,1-3H3,(H,19,21). The average Bonchev–Trinajstić information content (AvgIpc) is 2.43. The van der Waals surface area contributed by atoms with Gasteiger partial charge in [0.2, 0.25) is 5.91 Å². The molecule has 0 radical (unpaired) electrons. The van der Waals surface area contributed by atoms with E-state index in [2.05, 4.69) is 21.6 Å². The number of nitrogens with one attached hydrogen (secondary N) is 2. The summed E-state index contributed by atoms with van der Waals surface area (Å²) in [5, 5.41) is 6.40. The number of carbonyl (C=O) groups is 1. The first-order valence-corrected chi connectivity index (χ1v) is 7.81. The van der Waals surface area contributed by atoms with Gasteiger partial charge in [-0.3, -0.25) is 9.69 Å². The second-order valence-corrected chi connectivity index (χ2v) is 6.26. The molecule has 1 saturated heterocycles. The van der Waals surface area contributed by atoms with Crippen LogP contribution in [-0.4, -0.2) is 44.0 Å². The summed E-state index contributed by atoms with van der Waals surface area (Å²) in [5.41, 5.74) is 3.20. The minimum atomic E-state index is 0.0696. The zero-order valence-electron chi connectivity index (χ0n) is 13.4. The number of amides is 1. The summed E-state index contributed by atoms with van der Waals surface area (Å²) in [6.45, 7) is 7.73. The van der Waals surface area contributed by atoms with E-state index in [0.717, 1.165) is 30.9 Å². The van der Waals surface area contributed by atoms with Crippen LogP contribution in [0.5, 0.6) is 0 Å². The lowest BCUT2D eigenvalue weighted by atomic mass is 9.98. The first kappa shape index (κ1) is 16.0. The van der Waals surface area contributed by atoms with Crippen LogP contribution in [0.4, 0.5) is 5.69 Å². The van der Waals surface area contributed by atoms with Crippen molar-refractivity contribution in [2.75, 3.05) is 38.5 Å². The molecule has 0 bridgehead atoms. The number of hydrogen-bond acceptors (Lipinski definition) is 3. The van der Waals surface area contributed by atoms with E-state index in [1.807, 2.05) is 33.0 Å². The Labute approximate surface area is 127 Å². The van der Waals surface area contributed by atoms with Crippen molar-refractivity contribution in [1.29, 1.82) is 0 Å². The molecule has 0 aliphatic carbocycles. The van der Waals surface area contributed by atoms with E-state index in [4.69, 9.17) is 0 Å². The fraction of sp³-hybridized carbons (Fsp3) is 0.588. The number of carbonyl (C=O) groups excluding carboxylic acids is 1. The predicted octanol–water partition coefficient (Wildman–Crippen LogP) is 2.17. The number of piperidine rings is 1. The lowest BCUT2D eigenvalue weighted by molar-refractivity contribution is -0.117. The monoisotopic (exact) mass is 289 g/mol. The number of rotatable bonds is 5. The van der Waals surface area contributed by atoms with Crippen LogP contribution in [0.2, 0.25) is 0 Å². The van der Waals surface area contributed by atoms with Gasteiger partial charge in [-0.1, -0.05) is 12.1 Å². The van der Waals surface area contributed by atoms with Gasteiger partial charge in [0.25, 0.3) is 0 Å². The van der Waals surface area contributed by atoms with Gasteiger partial charge in [-0.25, -0.2) is 0 Å². The van der Waals surface area contributed by atoms with Crippen molar-refractivity contribution >= 4 is 11.6 Å². The zero-order valence-corrected chi connectivity index (χ0v) is 13.4. The number of hydrogen-bond donors (Lipinski definition) is 2. The molecule has 2 N–H and O–H groups in total. The lowest BCUT2D eigenvalue weighted by Crippen LogP contribution is -2.37. The predicted molar refractivity (Wildman–Crippen MR) is 87.6 cm³/mol. The van der Waals surface area contributed by atoms with Crippen molar-refractivity contribution in [3.8, 4) is 0 Å². The van der Waals surface area contributed by atoms with Crippen molar-refractivity contribution in [3.63, 3.8) is 0 Å². The smallest absolute Gasteiger partial charge is 0.238 e. The molecule has 0 aromatic heterocycles. The summed E-state index contributed by atoms with van der Waals surface area (Å²) in [5.74, 6) is 0.782. The van der Waals surface area contributed by atoms with Crippen LogP contribution in [0.25, 0.3) is 0 Å². The Balaban J connectivity index is 1.81. The third-order valence-electron chi connectivity index (χ3n) is 4.11. The summed E-state index contributed by atoms with van der Waals surface area (Å²) in [6, 6.07) is 6.14. The molecule has 0 saturated carbocycles. The molecule has 4 heteroatoms. The second kappa shape index (κ2) is 7.57. The van der Waals surface area contributed by atoms with Gasteiger partial charge in [0.05, 0.1) is 6.54 Å². The summed E-state index contributed by atoms with van der Waals surface area (Å²) in [6.07, 6.45) is 2.42. The third-order valence-corrected chi connectivity index (χ3v) is 4.11. The maximum atomic E-state index is 12.2. The number of benzene rings is 1. The Morgan fingerprint density at radius 3 is 2.76 bits per heavy atom. The molecule has 1 aromatic carbocycles. The van der Waals surface area contributed by atoms with Gasteiger partial charge in [0.1, 0.15) is 0 Å². The van der Waals surface area contributed by atoms with Crippen molar-refractivity contribution in [3.05, 3.63) is 29.3 Å². The number of aryl methyl sites for hydroxylation is 2. The van der Waals surface area contributed by atoms with Gasteiger partial charge in [-0.2, -0.15) is 0 Å². The number of nitrogens with zero attached hydrogens (tertiary/aromatic N) is 1. The molecule has 4 nitrogen and oxygen atoms in total. The summed E-state index contributed by atoms with van der Waals surface area (Å²) >= 11 is 0. The van der Waals surface area contributed by atoms with E-state index in [1.54, 1.807) is 0 Å². The molecule has 1 aromatic rings. The molecular weight excluding hydrogens is 262 g/mol. The first-order chi connectivity index (χ1) is 10.0. The Morgan fingerprint density at radius 2 is 2.05 bits per heavy atom. The zero-order chi connectivity index (χ0) is 15.2. The normalized spacial score (nSPS) is 16.2. The largest absolute Gasteiger partial charge is 0.325 e. The van der Waals surface area contributed by atoms with Gasteiger partial charge in [-0.05, 0) is 69.9 Å². The second-order valence-electron chi connectivity index (χ2n) is 6.26. The molecule has 1 fully saturated rings. The van der Waals surface area contributed by atoms with E-state index in [-0.39, 0.29) is 5.91 Å². The van der Waals surface area contributed by atoms with E-state index in [1.165, 1.54) is 18.4 Å². The minimum Gasteiger partial charge on any atom is -0.325 e. The van der Waals surface area contributed by atoms with Crippen LogP contribution >= 0.6 is 0 Å². The molecule has 2 rings (SSSR count). The Hall–Kier alpha value is -1.39. The molecule has 0 spiro atoms. The van der Waals surface area contributed by atoms with Crippen molar-refractivity contribution < 1.29 is 4.79 Å². The molecule has 1 amide bonds. The SMILES string of the molecule is Cc1ccc(C)c(NC(=O)CN(C)CC2CCNCC2)c1. The summed E-state index contributed by atoms with van der Waals surface area (Å²) < 4.78 is 0. The Kier molecular flexibility index (Phi) is 5.76. The average molecular weight is 289 g/mol. The highest BCUT2D eigenvalue weighted by Gasteiger charge is 2.16. The number of anilines is 1. The third kappa shape index (κ3) is 5.14. The number of likely N-dealkylation sites (N-methyl/N-ethyl adjacent to an activating group) is 1. The van der Waals surface area contributed by atoms with Crippen molar-refractivity contribution in [2.45, 2.75) is 26.7 Å². The van der Waals surface area contributed by atoms with Crippen LogP contribution in [0.15, 0.2) is 18.2 Å². The Morgan fingerprint density at radius 1 is 1.33 bits per heavy atom. The maximum Gasteiger partial charge on any atom is 0.238 e. The molecule has 0 atom stereocenters. The molecule has 1 aliphatic rings. The fourth-order valence-electron chi connectivity index (χ4n) is 2.88. The van der Waals surface area contributed by atoms with Crippen LogP contribution in [-0.2, 0) is 4.79 Å². The van der Waals surface area contributed by atoms with Gasteiger partial charge < -0.3 is 10.6 Å². The quantitative estimate of drug-likeness (QED) is 0.873. The van der Waals surface area contributed by atoms with E-state index < -0.39 is 0 Å². The molecule has 21 heavy (non-hydrogen) atoms. The first-order valence-electron chi connectivity index (χ1n) is 7.81. The highest BCUT2D eigenvalue weighted by molar-refractivity contribution is 5.93. The highest BCUT2D eigenvalue weighted by atomic mass is 16.2. The van der Waals surface area contributed by atoms with Crippen molar-refractivity contribution in [2.24, 2.45) is 5.92 Å². The van der Waals surface area contributed by atoms with Gasteiger partial charge >= 0.3 is 0 Å². The van der Waals surface area contributed by atoms with Crippen LogP contribution in [0, 0.1) is 19.8 Å². The molecular formula is C17H27N3O. The highest BCUT2D eigenvalue weighted by Crippen LogP contribution is 2.16. The van der Waals surface area contributed by atoms with Crippen LogP contribution in [0.1, 0.15) is 24.0 Å². The topological polar surface area (TPSA) is 44.4 Å². The maximum absolute atomic E-state index is 12.2. The fourth-order valence-corrected chi connectivity index (χ4v) is 2.88. The van der Waals surface area contributed by atoms with Gasteiger partial charge in [0.15, 0.2) is 0 Å². The van der Waals surface area contributed by atoms with Crippen LogP contribution < -0.4 is 10.6 Å². The van der Waals surface area contributed by atoms with Gasteiger partial charge in [0, 0.05) is 12.2 Å². The molecule has 1 heterocycles. The molecule has 116 valence electrons. The molecule has 1 aliphatic heterocycles. The van der Waals surface area contributed by atoms with E-state index in [9.17, 15) is 4.79 Å². The van der Waals surface area contributed by atoms with Crippen molar-refractivity contribution in [1.82, 2.24) is 10.2 Å². The minimum absolute atomic E-state index is 0.0696. The molecule has 0 unspecified atom stereocenters. The van der Waals surface area contributed by atoms with Crippen LogP contribution in [0.3, 0.4) is 0 Å². The summed E-state index contributed by atoms with van der Waals surface area (Å²) in [7, 11) is 2.03. The van der Waals surface area contributed by atoms with Gasteiger partial charge in [-0.15, -0.1) is 0 Å². The Bertz CT molecular complexity index is 481. The summed E-state index contributed by atoms with van der Waals surface area (Å²) in [4.78, 5) is 14.3. The van der Waals surface area contributed by atoms with E-state index >= 15 is 0 Å². The lowest BCUT2D eigenvalue weighted by Gasteiger charge is -2.27.